The van der Waals surface area contributed by atoms with Crippen LogP contribution in [-0.2, 0) is 20.7 Å². The Morgan fingerprint density at radius 2 is 1.67 bits per heavy atom. The van der Waals surface area contributed by atoms with Gasteiger partial charge in [0.1, 0.15) is 11.6 Å². The van der Waals surface area contributed by atoms with Crippen molar-refractivity contribution in [2.45, 2.75) is 56.6 Å². The minimum atomic E-state index is -0.828. The Morgan fingerprint density at radius 1 is 1.10 bits per heavy atom. The molecule has 0 spiro atoms. The largest absolute Gasteiger partial charge is 0.467 e. The second-order valence-corrected chi connectivity index (χ2v) is 9.12. The number of benzene rings is 1. The van der Waals surface area contributed by atoms with Crippen LogP contribution in [0.1, 0.15) is 44.1 Å². The number of hydrogen-bond donors (Lipinski definition) is 3. The predicted octanol–water partition coefficient (Wildman–Crippen LogP) is 2.37. The van der Waals surface area contributed by atoms with Crippen LogP contribution in [0.2, 0.25) is 0 Å². The van der Waals surface area contributed by atoms with E-state index in [1.807, 2.05) is 12.1 Å². The lowest BCUT2D eigenvalue weighted by atomic mass is 9.54. The third kappa shape index (κ3) is 4.52. The molecule has 4 bridgehead atoms. The lowest BCUT2D eigenvalue weighted by molar-refractivity contribution is -0.144. The summed E-state index contributed by atoms with van der Waals surface area (Å²) >= 11 is 0. The molecule has 162 valence electrons. The van der Waals surface area contributed by atoms with E-state index in [2.05, 4.69) is 10.3 Å². The van der Waals surface area contributed by atoms with Crippen molar-refractivity contribution in [1.82, 2.24) is 5.32 Å². The van der Waals surface area contributed by atoms with E-state index in [4.69, 9.17) is 20.9 Å². The zero-order valence-corrected chi connectivity index (χ0v) is 17.3. The van der Waals surface area contributed by atoms with E-state index in [-0.39, 0.29) is 18.0 Å². The Hall–Kier alpha value is -2.77. The number of guanidine groups is 1. The number of carbonyl (C=O) groups excluding carboxylic acids is 2. The van der Waals surface area contributed by atoms with Gasteiger partial charge in [0.25, 0.3) is 0 Å². The number of ether oxygens (including phenoxy) is 2. The van der Waals surface area contributed by atoms with Gasteiger partial charge in [0.2, 0.25) is 0 Å². The number of nitrogens with two attached hydrogens (primary N) is 2. The summed E-state index contributed by atoms with van der Waals surface area (Å²) in [4.78, 5) is 29.0. The third-order valence-corrected chi connectivity index (χ3v) is 6.70. The summed E-state index contributed by atoms with van der Waals surface area (Å²) in [5.74, 6) is 1.48. The maximum Gasteiger partial charge on any atom is 0.408 e. The van der Waals surface area contributed by atoms with Crippen molar-refractivity contribution in [3.8, 4) is 0 Å². The molecule has 1 amide bonds. The van der Waals surface area contributed by atoms with E-state index in [0.717, 1.165) is 24.8 Å². The molecule has 0 radical (unpaired) electrons. The van der Waals surface area contributed by atoms with Crippen LogP contribution in [0.5, 0.6) is 0 Å². The molecule has 8 heteroatoms. The van der Waals surface area contributed by atoms with E-state index in [9.17, 15) is 9.59 Å². The van der Waals surface area contributed by atoms with Crippen molar-refractivity contribution < 1.29 is 19.1 Å². The van der Waals surface area contributed by atoms with E-state index < -0.39 is 18.1 Å². The monoisotopic (exact) mass is 414 g/mol. The van der Waals surface area contributed by atoms with Gasteiger partial charge in [0.05, 0.1) is 12.8 Å². The first kappa shape index (κ1) is 20.5. The number of hydrogen-bond acceptors (Lipinski definition) is 5. The molecule has 1 aromatic carbocycles. The molecule has 0 aliphatic heterocycles. The lowest BCUT2D eigenvalue weighted by Gasteiger charge is -2.55. The van der Waals surface area contributed by atoms with E-state index >= 15 is 0 Å². The van der Waals surface area contributed by atoms with Crippen LogP contribution in [0.3, 0.4) is 0 Å². The molecule has 0 saturated heterocycles. The first-order chi connectivity index (χ1) is 14.3. The summed E-state index contributed by atoms with van der Waals surface area (Å²) in [6.07, 6.45) is 6.39. The first-order valence-electron chi connectivity index (χ1n) is 10.6. The molecule has 1 atom stereocenters. The van der Waals surface area contributed by atoms with Crippen LogP contribution in [-0.4, -0.2) is 36.8 Å². The van der Waals surface area contributed by atoms with Crippen molar-refractivity contribution in [2.75, 3.05) is 7.11 Å². The Bertz CT molecular complexity index is 797. The Morgan fingerprint density at radius 3 is 2.17 bits per heavy atom. The minimum Gasteiger partial charge on any atom is -0.467 e. The quantitative estimate of drug-likeness (QED) is 0.372. The number of aliphatic imine (C=N–C) groups is 1. The fraction of sp³-hybridized carbons (Fsp3) is 0.591. The van der Waals surface area contributed by atoms with Crippen LogP contribution in [0.4, 0.5) is 10.5 Å². The lowest BCUT2D eigenvalue weighted by Crippen LogP contribution is -2.55. The summed E-state index contributed by atoms with van der Waals surface area (Å²) in [5, 5.41) is 2.73. The van der Waals surface area contributed by atoms with Crippen molar-refractivity contribution in [1.29, 1.82) is 0 Å². The number of carbonyl (C=O) groups is 2. The van der Waals surface area contributed by atoms with Gasteiger partial charge in [0, 0.05) is 6.42 Å². The van der Waals surface area contributed by atoms with Gasteiger partial charge >= 0.3 is 12.1 Å². The van der Waals surface area contributed by atoms with Crippen LogP contribution < -0.4 is 16.8 Å². The van der Waals surface area contributed by atoms with Gasteiger partial charge in [-0.05, 0) is 74.0 Å². The van der Waals surface area contributed by atoms with Gasteiger partial charge in [-0.2, -0.15) is 0 Å². The van der Waals surface area contributed by atoms with Crippen LogP contribution in [0.25, 0.3) is 0 Å². The zero-order valence-electron chi connectivity index (χ0n) is 17.3. The summed E-state index contributed by atoms with van der Waals surface area (Å²) in [6.45, 7) is 0. The SMILES string of the molecule is COC(=O)[C@H](Cc1ccc(N=C(N)N)cc1)NC(=O)OC12CC3CC(CC(C3)C1)C2. The normalized spacial score (nSPS) is 29.7. The number of alkyl carbamates (subject to hydrolysis) is 1. The topological polar surface area (TPSA) is 129 Å². The molecule has 5 rings (SSSR count). The van der Waals surface area contributed by atoms with Gasteiger partial charge < -0.3 is 26.3 Å². The molecule has 4 fully saturated rings. The van der Waals surface area contributed by atoms with Crippen molar-refractivity contribution >= 4 is 23.7 Å². The molecule has 0 aromatic heterocycles. The second kappa shape index (κ2) is 8.16. The predicted molar refractivity (Wildman–Crippen MR) is 112 cm³/mol. The van der Waals surface area contributed by atoms with Crippen molar-refractivity contribution in [3.05, 3.63) is 29.8 Å². The van der Waals surface area contributed by atoms with Gasteiger partial charge in [0.15, 0.2) is 5.96 Å². The highest BCUT2D eigenvalue weighted by atomic mass is 16.6. The summed E-state index contributed by atoms with van der Waals surface area (Å²) in [6, 6.07) is 6.28. The van der Waals surface area contributed by atoms with Gasteiger partial charge in [-0.1, -0.05) is 12.1 Å². The molecule has 5 N–H and O–H groups in total. The molecular weight excluding hydrogens is 384 g/mol. The number of methoxy groups -OCH3 is 1. The molecule has 8 nitrogen and oxygen atoms in total. The number of rotatable bonds is 6. The van der Waals surface area contributed by atoms with Gasteiger partial charge in [-0.3, -0.25) is 0 Å². The highest BCUT2D eigenvalue weighted by Gasteiger charge is 2.53. The third-order valence-electron chi connectivity index (χ3n) is 6.70. The fourth-order valence-electron chi connectivity index (χ4n) is 5.95. The number of esters is 1. The van der Waals surface area contributed by atoms with Crippen LogP contribution in [0.15, 0.2) is 29.3 Å². The van der Waals surface area contributed by atoms with Crippen molar-refractivity contribution in [2.24, 2.45) is 34.2 Å². The van der Waals surface area contributed by atoms with Crippen molar-refractivity contribution in [3.63, 3.8) is 0 Å². The fourth-order valence-corrected chi connectivity index (χ4v) is 5.95. The first-order valence-corrected chi connectivity index (χ1v) is 10.6. The molecule has 0 heterocycles. The Labute approximate surface area is 176 Å². The molecule has 30 heavy (non-hydrogen) atoms. The van der Waals surface area contributed by atoms with Crippen LogP contribution in [0, 0.1) is 17.8 Å². The average molecular weight is 415 g/mol. The van der Waals surface area contributed by atoms with Crippen LogP contribution >= 0.6 is 0 Å². The average Bonchev–Trinajstić information content (AvgIpc) is 2.66. The zero-order chi connectivity index (χ0) is 21.3. The standard InChI is InChI=1S/C22H30N4O4/c1-29-19(27)18(9-13-2-4-17(5-3-13)25-20(23)24)26-21(28)30-22-10-14-6-15(11-22)8-16(7-14)12-22/h2-5,14-16,18H,6-12H2,1H3,(H,26,28)(H4,23,24,25)/t14?,15?,16?,18-,22?/m0/s1. The highest BCUT2D eigenvalue weighted by molar-refractivity contribution is 5.82. The summed E-state index contributed by atoms with van der Waals surface area (Å²) in [5.41, 5.74) is 11.9. The maximum atomic E-state index is 12.7. The Balaban J connectivity index is 1.40. The van der Waals surface area contributed by atoms with E-state index in [1.165, 1.54) is 26.4 Å². The maximum absolute atomic E-state index is 12.7. The number of nitrogens with zero attached hydrogens (tertiary/aromatic N) is 1. The number of nitrogens with one attached hydrogen (secondary N) is 1. The molecule has 4 aliphatic rings. The van der Waals surface area contributed by atoms with Gasteiger partial charge in [-0.25, -0.2) is 14.6 Å². The highest BCUT2D eigenvalue weighted by Crippen LogP contribution is 2.57. The van der Waals surface area contributed by atoms with E-state index in [1.54, 1.807) is 12.1 Å². The molecular formula is C22H30N4O4. The molecule has 4 aliphatic carbocycles. The second-order valence-electron chi connectivity index (χ2n) is 9.12. The summed E-state index contributed by atoms with van der Waals surface area (Å²) < 4.78 is 10.9. The molecule has 1 aromatic rings. The Kier molecular flexibility index (Phi) is 5.58. The molecule has 0 unspecified atom stereocenters. The minimum absolute atomic E-state index is 0.0238. The van der Waals surface area contributed by atoms with Gasteiger partial charge in [-0.15, -0.1) is 0 Å². The summed E-state index contributed by atoms with van der Waals surface area (Å²) in [7, 11) is 1.31. The number of amides is 1. The molecule has 4 saturated carbocycles. The van der Waals surface area contributed by atoms with E-state index in [0.29, 0.717) is 23.4 Å². The smallest absolute Gasteiger partial charge is 0.408 e.